The third-order valence-corrected chi connectivity index (χ3v) is 4.95. The maximum Gasteiger partial charge on any atom is 0.261 e. The van der Waals surface area contributed by atoms with Crippen molar-refractivity contribution >= 4 is 21.4 Å². The number of hydrogen-bond donors (Lipinski definition) is 2. The van der Waals surface area contributed by atoms with Crippen molar-refractivity contribution in [2.24, 2.45) is 0 Å². The number of nitrogens with one attached hydrogen (secondary N) is 2. The van der Waals surface area contributed by atoms with Crippen LogP contribution in [0.15, 0.2) is 76.2 Å². The first-order valence-corrected chi connectivity index (χ1v) is 9.08. The smallest absolute Gasteiger partial charge is 0.261 e. The summed E-state index contributed by atoms with van der Waals surface area (Å²) in [4.78, 5) is 0.174. The highest BCUT2D eigenvalue weighted by atomic mass is 32.2. The molecule has 0 saturated carbocycles. The minimum Gasteiger partial charge on any atom is -0.497 e. The number of rotatable bonds is 7. The Kier molecular flexibility index (Phi) is 4.95. The molecule has 1 heterocycles. The van der Waals surface area contributed by atoms with Crippen LogP contribution in [-0.4, -0.2) is 15.5 Å². The third-order valence-electron chi connectivity index (χ3n) is 3.55. The summed E-state index contributed by atoms with van der Waals surface area (Å²) in [6.45, 7) is 0.559. The standard InChI is InChI=1S/C18H18N2O4S/c1-23-16-8-10-18(11-9-16)25(21,22)20-15-6-4-14(5-7-15)19-13-17-3-2-12-24-17/h2-12,19-20H,13H2,1H3. The van der Waals surface area contributed by atoms with E-state index in [9.17, 15) is 8.42 Å². The molecule has 3 aromatic rings. The van der Waals surface area contributed by atoms with E-state index in [2.05, 4.69) is 10.0 Å². The fraction of sp³-hybridized carbons (Fsp3) is 0.111. The Labute approximate surface area is 146 Å². The highest BCUT2D eigenvalue weighted by Crippen LogP contribution is 2.20. The van der Waals surface area contributed by atoms with Crippen molar-refractivity contribution in [2.45, 2.75) is 11.4 Å². The molecule has 130 valence electrons. The molecule has 0 saturated heterocycles. The minimum absolute atomic E-state index is 0.174. The van der Waals surface area contributed by atoms with Gasteiger partial charge < -0.3 is 14.5 Å². The Morgan fingerprint density at radius 1 is 0.960 bits per heavy atom. The number of hydrogen-bond acceptors (Lipinski definition) is 5. The van der Waals surface area contributed by atoms with E-state index in [1.54, 1.807) is 42.7 Å². The first-order chi connectivity index (χ1) is 12.1. The van der Waals surface area contributed by atoms with E-state index < -0.39 is 10.0 Å². The van der Waals surface area contributed by atoms with Crippen LogP contribution in [0, 0.1) is 0 Å². The predicted molar refractivity (Wildman–Crippen MR) is 96.3 cm³/mol. The van der Waals surface area contributed by atoms with E-state index >= 15 is 0 Å². The van der Waals surface area contributed by atoms with Crippen molar-refractivity contribution in [3.63, 3.8) is 0 Å². The van der Waals surface area contributed by atoms with E-state index in [1.165, 1.54) is 19.2 Å². The van der Waals surface area contributed by atoms with E-state index in [0.717, 1.165) is 11.4 Å². The monoisotopic (exact) mass is 358 g/mol. The lowest BCUT2D eigenvalue weighted by Gasteiger charge is -2.10. The third kappa shape index (κ3) is 4.33. The van der Waals surface area contributed by atoms with Gasteiger partial charge in [0.2, 0.25) is 0 Å². The molecule has 0 atom stereocenters. The number of anilines is 2. The van der Waals surface area contributed by atoms with Gasteiger partial charge in [0.15, 0.2) is 0 Å². The number of methoxy groups -OCH3 is 1. The zero-order valence-corrected chi connectivity index (χ0v) is 14.4. The van der Waals surface area contributed by atoms with Gasteiger partial charge in [0, 0.05) is 11.4 Å². The molecule has 0 bridgehead atoms. The van der Waals surface area contributed by atoms with Crippen molar-refractivity contribution in [3.05, 3.63) is 72.7 Å². The maximum absolute atomic E-state index is 12.4. The fourth-order valence-corrected chi connectivity index (χ4v) is 3.29. The van der Waals surface area contributed by atoms with Gasteiger partial charge >= 0.3 is 0 Å². The predicted octanol–water partition coefficient (Wildman–Crippen LogP) is 3.70. The molecule has 2 aromatic carbocycles. The average Bonchev–Trinajstić information content (AvgIpc) is 3.14. The lowest BCUT2D eigenvalue weighted by molar-refractivity contribution is 0.414. The maximum atomic E-state index is 12.4. The second-order valence-corrected chi connectivity index (χ2v) is 6.97. The molecule has 1 aromatic heterocycles. The lowest BCUT2D eigenvalue weighted by Crippen LogP contribution is -2.12. The molecule has 2 N–H and O–H groups in total. The highest BCUT2D eigenvalue weighted by molar-refractivity contribution is 7.92. The molecule has 0 aliphatic heterocycles. The van der Waals surface area contributed by atoms with Crippen LogP contribution in [0.1, 0.15) is 5.76 Å². The van der Waals surface area contributed by atoms with Crippen LogP contribution in [0.4, 0.5) is 11.4 Å². The van der Waals surface area contributed by atoms with Gasteiger partial charge in [-0.15, -0.1) is 0 Å². The zero-order chi connectivity index (χ0) is 17.7. The Morgan fingerprint density at radius 2 is 1.64 bits per heavy atom. The lowest BCUT2D eigenvalue weighted by atomic mass is 10.3. The van der Waals surface area contributed by atoms with Crippen LogP contribution in [-0.2, 0) is 16.6 Å². The second-order valence-electron chi connectivity index (χ2n) is 5.29. The summed E-state index contributed by atoms with van der Waals surface area (Å²) in [5.41, 5.74) is 1.35. The summed E-state index contributed by atoms with van der Waals surface area (Å²) in [5, 5.41) is 3.20. The molecule has 0 aliphatic carbocycles. The van der Waals surface area contributed by atoms with Gasteiger partial charge in [-0.1, -0.05) is 0 Å². The van der Waals surface area contributed by atoms with Gasteiger partial charge in [-0.25, -0.2) is 8.42 Å². The number of furan rings is 1. The Hall–Kier alpha value is -2.93. The van der Waals surface area contributed by atoms with Gasteiger partial charge in [-0.2, -0.15) is 0 Å². The quantitative estimate of drug-likeness (QED) is 0.673. The van der Waals surface area contributed by atoms with Gasteiger partial charge in [-0.05, 0) is 60.7 Å². The summed E-state index contributed by atoms with van der Waals surface area (Å²) >= 11 is 0. The molecule has 7 heteroatoms. The molecule has 0 aliphatic rings. The topological polar surface area (TPSA) is 80.6 Å². The van der Waals surface area contributed by atoms with Gasteiger partial charge in [0.1, 0.15) is 11.5 Å². The molecule has 0 spiro atoms. The molecule has 0 radical (unpaired) electrons. The number of ether oxygens (including phenoxy) is 1. The average molecular weight is 358 g/mol. The van der Waals surface area contributed by atoms with Gasteiger partial charge in [-0.3, -0.25) is 4.72 Å². The molecule has 6 nitrogen and oxygen atoms in total. The van der Waals surface area contributed by atoms with Crippen LogP contribution in [0.25, 0.3) is 0 Å². The van der Waals surface area contributed by atoms with E-state index in [4.69, 9.17) is 9.15 Å². The van der Waals surface area contributed by atoms with Crippen LogP contribution in [0.5, 0.6) is 5.75 Å². The summed E-state index contributed by atoms with van der Waals surface area (Å²) < 4.78 is 37.6. The molecule has 25 heavy (non-hydrogen) atoms. The Morgan fingerprint density at radius 3 is 2.24 bits per heavy atom. The molecule has 0 fully saturated rings. The van der Waals surface area contributed by atoms with Crippen LogP contribution in [0.3, 0.4) is 0 Å². The minimum atomic E-state index is -3.64. The van der Waals surface area contributed by atoms with Gasteiger partial charge in [0.25, 0.3) is 10.0 Å². The second kappa shape index (κ2) is 7.31. The Balaban J connectivity index is 1.65. The SMILES string of the molecule is COc1ccc(S(=O)(=O)Nc2ccc(NCc3ccco3)cc2)cc1. The molecular weight excluding hydrogens is 340 g/mol. The first-order valence-electron chi connectivity index (χ1n) is 7.60. The van der Waals surface area contributed by atoms with Crippen molar-refractivity contribution in [3.8, 4) is 5.75 Å². The summed E-state index contributed by atoms with van der Waals surface area (Å²) in [6.07, 6.45) is 1.62. The van der Waals surface area contributed by atoms with Crippen LogP contribution < -0.4 is 14.8 Å². The summed E-state index contributed by atoms with van der Waals surface area (Å²) in [7, 11) is -2.11. The summed E-state index contributed by atoms with van der Waals surface area (Å²) in [5.74, 6) is 1.43. The van der Waals surface area contributed by atoms with Crippen LogP contribution >= 0.6 is 0 Å². The molecule has 0 unspecified atom stereocenters. The van der Waals surface area contributed by atoms with E-state index in [1.807, 2.05) is 12.1 Å². The van der Waals surface area contributed by atoms with E-state index in [0.29, 0.717) is 18.0 Å². The van der Waals surface area contributed by atoms with E-state index in [-0.39, 0.29) is 4.90 Å². The van der Waals surface area contributed by atoms with Crippen molar-refractivity contribution in [1.29, 1.82) is 0 Å². The zero-order valence-electron chi connectivity index (χ0n) is 13.6. The molecular formula is C18H18N2O4S. The summed E-state index contributed by atoms with van der Waals surface area (Å²) in [6, 6.07) is 16.9. The Bertz CT molecular complexity index is 903. The van der Waals surface area contributed by atoms with Gasteiger partial charge in [0.05, 0.1) is 24.8 Å². The first kappa shape index (κ1) is 16.9. The molecule has 0 amide bonds. The highest BCUT2D eigenvalue weighted by Gasteiger charge is 2.14. The fourth-order valence-electron chi connectivity index (χ4n) is 2.23. The number of benzene rings is 2. The molecule has 3 rings (SSSR count). The van der Waals surface area contributed by atoms with Crippen molar-refractivity contribution < 1.29 is 17.6 Å². The van der Waals surface area contributed by atoms with Crippen LogP contribution in [0.2, 0.25) is 0 Å². The normalized spacial score (nSPS) is 11.1. The number of sulfonamides is 1. The van der Waals surface area contributed by atoms with Crippen molar-refractivity contribution in [2.75, 3.05) is 17.1 Å². The largest absolute Gasteiger partial charge is 0.497 e. The van der Waals surface area contributed by atoms with Crippen molar-refractivity contribution in [1.82, 2.24) is 0 Å².